The highest BCUT2D eigenvalue weighted by Gasteiger charge is 2.09. The second-order valence-electron chi connectivity index (χ2n) is 4.64. The van der Waals surface area contributed by atoms with Gasteiger partial charge in [-0.25, -0.2) is 0 Å². The Morgan fingerprint density at radius 1 is 0.889 bits per heavy atom. The van der Waals surface area contributed by atoms with Gasteiger partial charge in [-0.2, -0.15) is 8.42 Å². The lowest BCUT2D eigenvalue weighted by Crippen LogP contribution is -2.12. The first-order valence-electron chi connectivity index (χ1n) is 7.10. The molecule has 0 heterocycles. The fraction of sp³-hybridized carbons (Fsp3) is 1.00. The van der Waals surface area contributed by atoms with Gasteiger partial charge in [-0.1, -0.05) is 51.9 Å². The fourth-order valence-electron chi connectivity index (χ4n) is 1.72. The molecular formula is C13H28O4S. The van der Waals surface area contributed by atoms with Gasteiger partial charge in [-0.15, -0.1) is 0 Å². The number of unbranched alkanes of at least 4 members (excludes halogenated alkanes) is 7. The van der Waals surface area contributed by atoms with Gasteiger partial charge in [0.05, 0.1) is 12.4 Å². The zero-order chi connectivity index (χ0) is 13.7. The quantitative estimate of drug-likeness (QED) is 0.416. The van der Waals surface area contributed by atoms with Crippen LogP contribution in [0, 0.1) is 0 Å². The Bertz CT molecular complexity index is 262. The van der Waals surface area contributed by atoms with E-state index >= 15 is 0 Å². The van der Waals surface area contributed by atoms with E-state index in [-0.39, 0.29) is 19.0 Å². The van der Waals surface area contributed by atoms with Gasteiger partial charge in [0.2, 0.25) is 0 Å². The van der Waals surface area contributed by atoms with E-state index in [1.165, 1.54) is 32.1 Å². The Kier molecular flexibility index (Phi) is 11.8. The third-order valence-corrected chi connectivity index (χ3v) is 4.13. The molecule has 0 spiro atoms. The summed E-state index contributed by atoms with van der Waals surface area (Å²) < 4.78 is 27.5. The molecule has 0 amide bonds. The minimum absolute atomic E-state index is 0.0344. The van der Waals surface area contributed by atoms with E-state index < -0.39 is 10.1 Å². The molecule has 0 fully saturated rings. The van der Waals surface area contributed by atoms with Crippen molar-refractivity contribution in [3.05, 3.63) is 0 Å². The van der Waals surface area contributed by atoms with Crippen LogP contribution in [0.1, 0.15) is 64.7 Å². The van der Waals surface area contributed by atoms with Crippen LogP contribution in [0.4, 0.5) is 0 Å². The molecule has 1 N–H and O–H groups in total. The second-order valence-corrected chi connectivity index (χ2v) is 6.40. The lowest BCUT2D eigenvalue weighted by Gasteiger charge is -2.05. The summed E-state index contributed by atoms with van der Waals surface area (Å²) >= 11 is 0. The summed E-state index contributed by atoms with van der Waals surface area (Å²) in [6.07, 6.45) is 9.41. The molecule has 0 saturated heterocycles. The van der Waals surface area contributed by atoms with Crippen LogP contribution < -0.4 is 0 Å². The molecule has 0 aliphatic heterocycles. The highest BCUT2D eigenvalue weighted by atomic mass is 32.2. The van der Waals surface area contributed by atoms with E-state index in [0.717, 1.165) is 12.8 Å². The van der Waals surface area contributed by atoms with Crippen LogP contribution in [-0.4, -0.2) is 32.5 Å². The first-order valence-corrected chi connectivity index (χ1v) is 8.68. The Morgan fingerprint density at radius 3 is 2.00 bits per heavy atom. The van der Waals surface area contributed by atoms with Crippen LogP contribution in [-0.2, 0) is 14.3 Å². The highest BCUT2D eigenvalue weighted by molar-refractivity contribution is 7.86. The molecule has 4 nitrogen and oxygen atoms in total. The molecule has 0 saturated carbocycles. The van der Waals surface area contributed by atoms with E-state index in [4.69, 9.17) is 9.29 Å². The number of hydrogen-bond donors (Lipinski definition) is 1. The van der Waals surface area contributed by atoms with E-state index in [9.17, 15) is 8.42 Å². The normalized spacial score (nSPS) is 11.9. The van der Waals surface area contributed by atoms with Crippen LogP contribution in [0.3, 0.4) is 0 Å². The Morgan fingerprint density at radius 2 is 1.44 bits per heavy atom. The summed E-state index contributed by atoms with van der Waals surface area (Å²) in [6.45, 7) is 2.25. The standard InChI is InChI=1S/C13H28O4S/c1-2-3-4-5-6-7-8-9-13-18(15,16)17-12-10-11-14/h14H,2-13H2,1H3. The molecule has 0 bridgehead atoms. The SMILES string of the molecule is CCCCCCCCCCS(=O)(=O)OCCCO. The van der Waals surface area contributed by atoms with Gasteiger partial charge in [0.1, 0.15) is 0 Å². The smallest absolute Gasteiger partial charge is 0.267 e. The Labute approximate surface area is 112 Å². The van der Waals surface area contributed by atoms with Gasteiger partial charge < -0.3 is 5.11 Å². The molecule has 110 valence electrons. The first-order chi connectivity index (χ1) is 8.62. The number of aliphatic hydroxyl groups excluding tert-OH is 1. The number of hydrogen-bond acceptors (Lipinski definition) is 4. The molecular weight excluding hydrogens is 252 g/mol. The molecule has 0 aromatic carbocycles. The molecule has 0 aliphatic carbocycles. The average Bonchev–Trinajstić information content (AvgIpc) is 2.33. The topological polar surface area (TPSA) is 63.6 Å². The molecule has 0 aliphatic rings. The Balaban J connectivity index is 3.36. The van der Waals surface area contributed by atoms with Crippen LogP contribution in [0.15, 0.2) is 0 Å². The van der Waals surface area contributed by atoms with Crippen LogP contribution in [0.2, 0.25) is 0 Å². The van der Waals surface area contributed by atoms with Crippen molar-refractivity contribution in [2.75, 3.05) is 19.0 Å². The summed E-state index contributed by atoms with van der Waals surface area (Å²) in [6, 6.07) is 0. The lowest BCUT2D eigenvalue weighted by molar-refractivity contribution is 0.236. The maximum atomic E-state index is 11.4. The zero-order valence-corrected chi connectivity index (χ0v) is 12.4. The average molecular weight is 280 g/mol. The fourth-order valence-corrected chi connectivity index (χ4v) is 2.77. The maximum absolute atomic E-state index is 11.4. The van der Waals surface area contributed by atoms with Crippen molar-refractivity contribution in [3.8, 4) is 0 Å². The van der Waals surface area contributed by atoms with Gasteiger partial charge in [0, 0.05) is 6.61 Å². The second kappa shape index (κ2) is 11.9. The van der Waals surface area contributed by atoms with E-state index in [1.807, 2.05) is 0 Å². The molecule has 0 aromatic heterocycles. The van der Waals surface area contributed by atoms with Gasteiger partial charge >= 0.3 is 0 Å². The van der Waals surface area contributed by atoms with Gasteiger partial charge in [-0.05, 0) is 12.8 Å². The predicted octanol–water partition coefficient (Wildman–Crippen LogP) is 2.86. The highest BCUT2D eigenvalue weighted by Crippen LogP contribution is 2.09. The van der Waals surface area contributed by atoms with E-state index in [2.05, 4.69) is 6.92 Å². The van der Waals surface area contributed by atoms with Crippen molar-refractivity contribution in [2.24, 2.45) is 0 Å². The molecule has 5 heteroatoms. The molecule has 0 unspecified atom stereocenters. The largest absolute Gasteiger partial charge is 0.396 e. The zero-order valence-electron chi connectivity index (χ0n) is 11.6. The summed E-state index contributed by atoms with van der Waals surface area (Å²) in [4.78, 5) is 0. The van der Waals surface area contributed by atoms with Gasteiger partial charge in [0.15, 0.2) is 0 Å². The Hall–Kier alpha value is -0.130. The molecule has 18 heavy (non-hydrogen) atoms. The lowest BCUT2D eigenvalue weighted by atomic mass is 10.1. The summed E-state index contributed by atoms with van der Waals surface area (Å²) in [5, 5.41) is 8.52. The molecule has 0 rings (SSSR count). The van der Waals surface area contributed by atoms with E-state index in [0.29, 0.717) is 12.8 Å². The van der Waals surface area contributed by atoms with Crippen molar-refractivity contribution < 1.29 is 17.7 Å². The van der Waals surface area contributed by atoms with Crippen LogP contribution >= 0.6 is 0 Å². The number of rotatable bonds is 13. The van der Waals surface area contributed by atoms with Crippen LogP contribution in [0.5, 0.6) is 0 Å². The van der Waals surface area contributed by atoms with Crippen molar-refractivity contribution in [3.63, 3.8) is 0 Å². The monoisotopic (exact) mass is 280 g/mol. The third kappa shape index (κ3) is 12.3. The summed E-state index contributed by atoms with van der Waals surface area (Å²) in [5.74, 6) is 0.105. The minimum Gasteiger partial charge on any atom is -0.396 e. The summed E-state index contributed by atoms with van der Waals surface area (Å²) in [7, 11) is -3.37. The van der Waals surface area contributed by atoms with Crippen molar-refractivity contribution in [1.29, 1.82) is 0 Å². The van der Waals surface area contributed by atoms with Crippen molar-refractivity contribution in [1.82, 2.24) is 0 Å². The van der Waals surface area contributed by atoms with Crippen molar-refractivity contribution in [2.45, 2.75) is 64.7 Å². The van der Waals surface area contributed by atoms with Gasteiger partial charge in [0.25, 0.3) is 10.1 Å². The van der Waals surface area contributed by atoms with Crippen molar-refractivity contribution >= 4 is 10.1 Å². The minimum atomic E-state index is -3.37. The summed E-state index contributed by atoms with van der Waals surface area (Å²) in [5.41, 5.74) is 0. The first kappa shape index (κ1) is 17.9. The van der Waals surface area contributed by atoms with Crippen LogP contribution in [0.25, 0.3) is 0 Å². The molecule has 0 radical (unpaired) electrons. The molecule has 0 atom stereocenters. The predicted molar refractivity (Wildman–Crippen MR) is 74.1 cm³/mol. The van der Waals surface area contributed by atoms with E-state index in [1.54, 1.807) is 0 Å². The molecule has 0 aromatic rings. The van der Waals surface area contributed by atoms with Gasteiger partial charge in [-0.3, -0.25) is 4.18 Å². The maximum Gasteiger partial charge on any atom is 0.267 e. The number of aliphatic hydroxyl groups is 1. The third-order valence-electron chi connectivity index (χ3n) is 2.81.